The van der Waals surface area contributed by atoms with Crippen LogP contribution in [0.3, 0.4) is 0 Å². The van der Waals surface area contributed by atoms with Crippen molar-refractivity contribution >= 4 is 11.8 Å². The molecule has 0 atom stereocenters. The highest BCUT2D eigenvalue weighted by atomic mass is 16.2. The van der Waals surface area contributed by atoms with Gasteiger partial charge >= 0.3 is 0 Å². The van der Waals surface area contributed by atoms with Crippen LogP contribution in [0.1, 0.15) is 13.8 Å². The lowest BCUT2D eigenvalue weighted by molar-refractivity contribution is -0.137. The van der Waals surface area contributed by atoms with E-state index in [9.17, 15) is 9.59 Å². The summed E-state index contributed by atoms with van der Waals surface area (Å²) < 4.78 is 0. The molecule has 2 amide bonds. The van der Waals surface area contributed by atoms with Gasteiger partial charge in [-0.05, 0) is 5.92 Å². The fourth-order valence-electron chi connectivity index (χ4n) is 0.904. The first kappa shape index (κ1) is 10.9. The van der Waals surface area contributed by atoms with Gasteiger partial charge in [0.2, 0.25) is 11.8 Å². The topological polar surface area (TPSA) is 110 Å². The van der Waals surface area contributed by atoms with Crippen molar-refractivity contribution in [2.75, 3.05) is 0 Å². The van der Waals surface area contributed by atoms with E-state index in [1.54, 1.807) is 13.8 Å². The summed E-state index contributed by atoms with van der Waals surface area (Å²) in [5, 5.41) is 0. The summed E-state index contributed by atoms with van der Waals surface area (Å²) in [4.78, 5) is 22.0. The van der Waals surface area contributed by atoms with Crippen molar-refractivity contribution in [1.82, 2.24) is 10.9 Å². The summed E-state index contributed by atoms with van der Waals surface area (Å²) in [6.45, 7) is 3.46. The smallest absolute Gasteiger partial charge is 0.246 e. The molecule has 0 aromatic rings. The van der Waals surface area contributed by atoms with Gasteiger partial charge in [0.1, 0.15) is 5.92 Å². The van der Waals surface area contributed by atoms with Crippen LogP contribution in [0.25, 0.3) is 0 Å². The fourth-order valence-corrected chi connectivity index (χ4v) is 0.904. The first-order valence-corrected chi connectivity index (χ1v) is 3.55. The number of amides is 2. The number of hydrogen-bond donors (Lipinski definition) is 4. The molecule has 0 radical (unpaired) electrons. The van der Waals surface area contributed by atoms with Gasteiger partial charge in [-0.15, -0.1) is 0 Å². The number of hydrazine groups is 2. The lowest BCUT2D eigenvalue weighted by Crippen LogP contribution is -2.48. The average Bonchev–Trinajstić information content (AvgIpc) is 2.03. The molecule has 6 nitrogen and oxygen atoms in total. The van der Waals surface area contributed by atoms with Gasteiger partial charge in [0.25, 0.3) is 0 Å². The molecule has 6 heteroatoms. The van der Waals surface area contributed by atoms with Crippen molar-refractivity contribution in [2.45, 2.75) is 13.8 Å². The minimum absolute atomic E-state index is 0.142. The molecule has 0 unspecified atom stereocenters. The maximum atomic E-state index is 11.0. The molecule has 0 aliphatic heterocycles. The molecule has 0 aliphatic rings. The first-order chi connectivity index (χ1) is 5.54. The molecule has 6 N–H and O–H groups in total. The molecule has 0 rings (SSSR count). The van der Waals surface area contributed by atoms with Crippen LogP contribution in [0.5, 0.6) is 0 Å². The number of nitrogens with one attached hydrogen (secondary N) is 2. The predicted molar refractivity (Wildman–Crippen MR) is 43.0 cm³/mol. The lowest BCUT2D eigenvalue weighted by atomic mass is 9.94. The van der Waals surface area contributed by atoms with Gasteiger partial charge in [-0.1, -0.05) is 13.8 Å². The number of nitrogens with two attached hydrogens (primary N) is 2. The highest BCUT2D eigenvalue weighted by Gasteiger charge is 2.28. The van der Waals surface area contributed by atoms with Crippen molar-refractivity contribution in [3.05, 3.63) is 0 Å². The maximum absolute atomic E-state index is 11.0. The third kappa shape index (κ3) is 2.48. The fraction of sp³-hybridized carbons (Fsp3) is 0.667. The van der Waals surface area contributed by atoms with Crippen LogP contribution in [0.15, 0.2) is 0 Å². The Bertz CT molecular complexity index is 164. The molecule has 0 saturated heterocycles. The third-order valence-corrected chi connectivity index (χ3v) is 1.52. The van der Waals surface area contributed by atoms with E-state index in [1.165, 1.54) is 0 Å². The summed E-state index contributed by atoms with van der Waals surface area (Å²) in [6.07, 6.45) is 0. The van der Waals surface area contributed by atoms with Crippen LogP contribution < -0.4 is 22.5 Å². The summed E-state index contributed by atoms with van der Waals surface area (Å²) in [7, 11) is 0. The van der Waals surface area contributed by atoms with Crippen molar-refractivity contribution in [2.24, 2.45) is 23.5 Å². The Balaban J connectivity index is 4.43. The van der Waals surface area contributed by atoms with Crippen molar-refractivity contribution in [3.8, 4) is 0 Å². The van der Waals surface area contributed by atoms with Gasteiger partial charge in [0.15, 0.2) is 0 Å². The summed E-state index contributed by atoms with van der Waals surface area (Å²) in [6, 6.07) is 0. The third-order valence-electron chi connectivity index (χ3n) is 1.52. The molecular formula is C6H14N4O2. The normalized spacial score (nSPS) is 10.2. The Morgan fingerprint density at radius 2 is 1.42 bits per heavy atom. The predicted octanol–water partition coefficient (Wildman–Crippen LogP) is -1.76. The highest BCUT2D eigenvalue weighted by Crippen LogP contribution is 2.09. The van der Waals surface area contributed by atoms with E-state index in [1.807, 2.05) is 10.9 Å². The summed E-state index contributed by atoms with van der Waals surface area (Å²) in [5.41, 5.74) is 3.81. The second kappa shape index (κ2) is 4.68. The van der Waals surface area contributed by atoms with Crippen LogP contribution >= 0.6 is 0 Å². The average molecular weight is 174 g/mol. The Hall–Kier alpha value is -1.14. The molecule has 0 bridgehead atoms. The minimum Gasteiger partial charge on any atom is -0.294 e. The molecule has 0 aromatic heterocycles. The van der Waals surface area contributed by atoms with E-state index in [4.69, 9.17) is 11.7 Å². The molecule has 0 spiro atoms. The van der Waals surface area contributed by atoms with E-state index in [2.05, 4.69) is 0 Å². The van der Waals surface area contributed by atoms with E-state index in [0.717, 1.165) is 0 Å². The summed E-state index contributed by atoms with van der Waals surface area (Å²) >= 11 is 0. The van der Waals surface area contributed by atoms with E-state index in [0.29, 0.717) is 0 Å². The lowest BCUT2D eigenvalue weighted by Gasteiger charge is -2.16. The van der Waals surface area contributed by atoms with Crippen LogP contribution in [-0.2, 0) is 9.59 Å². The summed E-state index contributed by atoms with van der Waals surface area (Å²) in [5.74, 6) is 7.72. The second-order valence-electron chi connectivity index (χ2n) is 2.74. The molecule has 0 heterocycles. The van der Waals surface area contributed by atoms with E-state index >= 15 is 0 Å². The molecule has 0 saturated carbocycles. The zero-order valence-corrected chi connectivity index (χ0v) is 7.13. The van der Waals surface area contributed by atoms with Crippen LogP contribution in [0.4, 0.5) is 0 Å². The van der Waals surface area contributed by atoms with E-state index < -0.39 is 17.7 Å². The highest BCUT2D eigenvalue weighted by molar-refractivity contribution is 6.00. The van der Waals surface area contributed by atoms with Crippen molar-refractivity contribution < 1.29 is 9.59 Å². The quantitative estimate of drug-likeness (QED) is 0.176. The maximum Gasteiger partial charge on any atom is 0.246 e. The Morgan fingerprint density at radius 1 is 1.08 bits per heavy atom. The van der Waals surface area contributed by atoms with Gasteiger partial charge in [0.05, 0.1) is 0 Å². The number of hydrogen-bond acceptors (Lipinski definition) is 4. The van der Waals surface area contributed by atoms with Crippen molar-refractivity contribution in [1.29, 1.82) is 0 Å². The molecule has 0 aromatic carbocycles. The standard InChI is InChI=1S/C6H14N4O2/c1-3(2)4(5(11)9-7)6(12)10-8/h3-4H,7-8H2,1-2H3,(H,9,11)(H,10,12). The monoisotopic (exact) mass is 174 g/mol. The van der Waals surface area contributed by atoms with Gasteiger partial charge < -0.3 is 0 Å². The Kier molecular flexibility index (Phi) is 4.24. The van der Waals surface area contributed by atoms with Crippen LogP contribution in [-0.4, -0.2) is 11.8 Å². The van der Waals surface area contributed by atoms with Gasteiger partial charge in [-0.3, -0.25) is 20.4 Å². The Labute approximate surface area is 70.6 Å². The molecule has 70 valence electrons. The molecular weight excluding hydrogens is 160 g/mol. The minimum atomic E-state index is -0.833. The van der Waals surface area contributed by atoms with Gasteiger partial charge in [-0.2, -0.15) is 0 Å². The zero-order valence-electron chi connectivity index (χ0n) is 7.13. The van der Waals surface area contributed by atoms with Crippen LogP contribution in [0, 0.1) is 11.8 Å². The van der Waals surface area contributed by atoms with Crippen LogP contribution in [0.2, 0.25) is 0 Å². The second-order valence-corrected chi connectivity index (χ2v) is 2.74. The molecule has 0 fully saturated rings. The molecule has 12 heavy (non-hydrogen) atoms. The largest absolute Gasteiger partial charge is 0.294 e. The van der Waals surface area contributed by atoms with Gasteiger partial charge in [-0.25, -0.2) is 11.7 Å². The zero-order chi connectivity index (χ0) is 9.72. The van der Waals surface area contributed by atoms with Gasteiger partial charge in [0, 0.05) is 0 Å². The Morgan fingerprint density at radius 3 is 1.58 bits per heavy atom. The first-order valence-electron chi connectivity index (χ1n) is 3.55. The molecule has 0 aliphatic carbocycles. The van der Waals surface area contributed by atoms with E-state index in [-0.39, 0.29) is 5.92 Å². The number of rotatable bonds is 3. The van der Waals surface area contributed by atoms with Crippen molar-refractivity contribution in [3.63, 3.8) is 0 Å². The SMILES string of the molecule is CC(C)C(C(=O)NN)C(=O)NN. The number of carbonyl (C=O) groups excluding carboxylic acids is 2. The number of carbonyl (C=O) groups is 2.